The molecule has 0 atom stereocenters. The maximum atomic E-state index is 10.9. The summed E-state index contributed by atoms with van der Waals surface area (Å²) in [6.07, 6.45) is 0. The first kappa shape index (κ1) is 4.95. The molecule has 0 fully saturated rings. The quantitative estimate of drug-likeness (QED) is 0.439. The van der Waals surface area contributed by atoms with Crippen LogP contribution in [0.2, 0.25) is 0 Å². The highest BCUT2D eigenvalue weighted by atomic mass is 19.1. The van der Waals surface area contributed by atoms with E-state index in [4.69, 9.17) is 0 Å². The zero-order valence-corrected chi connectivity index (χ0v) is 2.87. The highest BCUT2D eigenvalue weighted by Crippen LogP contribution is 1.54. The van der Waals surface area contributed by atoms with Crippen LogP contribution in [0.25, 0.3) is 0 Å². The molecular weight excluding hydrogens is 67.8 g/mol. The Bertz CT molecular complexity index is 17.1. The minimum atomic E-state index is -0.392. The second-order valence-electron chi connectivity index (χ2n) is 0.643. The normalized spacial score (nSPS) is 8.20. The summed E-state index contributed by atoms with van der Waals surface area (Å²) >= 11 is 0. The summed E-state index contributed by atoms with van der Waals surface area (Å²) in [5, 5.41) is 2.14. The van der Waals surface area contributed by atoms with Gasteiger partial charge in [0, 0.05) is 6.54 Å². The lowest BCUT2D eigenvalue weighted by Crippen LogP contribution is -2.10. The predicted molar refractivity (Wildman–Crippen MR) is 19.7 cm³/mol. The molecule has 0 saturated heterocycles. The minimum absolute atomic E-state index is 0.250. The molecular formula is C2H5BFN. The van der Waals surface area contributed by atoms with Crippen LogP contribution in [0.4, 0.5) is 4.39 Å². The number of hydrogen-bond donors (Lipinski definition) is 1. The smallest absolute Gasteiger partial charge is 0.177 e. The number of alkyl halides is 1. The third kappa shape index (κ3) is 3.95. The van der Waals surface area contributed by atoms with Crippen molar-refractivity contribution >= 4 is 7.98 Å². The molecule has 0 rings (SSSR count). The van der Waals surface area contributed by atoms with Crippen LogP contribution in [0.1, 0.15) is 0 Å². The number of hydrogen-bond acceptors (Lipinski definition) is 1. The summed E-state index contributed by atoms with van der Waals surface area (Å²) in [7, 11) is 4.65. The molecule has 0 aliphatic rings. The van der Waals surface area contributed by atoms with Gasteiger partial charge in [0.25, 0.3) is 0 Å². The predicted octanol–water partition coefficient (Wildman–Crippen LogP) is -0.371. The van der Waals surface area contributed by atoms with Crippen molar-refractivity contribution in [2.75, 3.05) is 13.2 Å². The second-order valence-corrected chi connectivity index (χ2v) is 0.643. The van der Waals surface area contributed by atoms with Crippen molar-refractivity contribution in [3.8, 4) is 0 Å². The zero-order valence-electron chi connectivity index (χ0n) is 2.87. The summed E-state index contributed by atoms with van der Waals surface area (Å²) in [5.41, 5.74) is 0. The lowest BCUT2D eigenvalue weighted by molar-refractivity contribution is 0.494. The molecule has 28 valence electrons. The molecule has 0 aliphatic carbocycles. The second kappa shape index (κ2) is 3.95. The van der Waals surface area contributed by atoms with Crippen LogP contribution in [0.5, 0.6) is 0 Å². The van der Waals surface area contributed by atoms with Gasteiger partial charge in [-0.05, 0) is 0 Å². The fraction of sp³-hybridized carbons (Fsp3) is 1.00. The van der Waals surface area contributed by atoms with Gasteiger partial charge in [0.1, 0.15) is 6.67 Å². The Balaban J connectivity index is 2.19. The molecule has 1 N–H and O–H groups in total. The molecule has 0 aromatic heterocycles. The van der Waals surface area contributed by atoms with Gasteiger partial charge < -0.3 is 5.23 Å². The average Bonchev–Trinajstić information content (AvgIpc) is 1.41. The first-order valence-corrected chi connectivity index (χ1v) is 1.41. The number of rotatable bonds is 2. The highest BCUT2D eigenvalue weighted by Gasteiger charge is 1.68. The van der Waals surface area contributed by atoms with E-state index in [0.717, 1.165) is 0 Å². The average molecular weight is 72.9 g/mol. The molecule has 0 aromatic carbocycles. The van der Waals surface area contributed by atoms with E-state index in [1.165, 1.54) is 0 Å². The van der Waals surface area contributed by atoms with Crippen molar-refractivity contribution in [3.63, 3.8) is 0 Å². The van der Waals surface area contributed by atoms with Crippen molar-refractivity contribution < 1.29 is 4.39 Å². The topological polar surface area (TPSA) is 12.0 Å². The van der Waals surface area contributed by atoms with Crippen LogP contribution in [0.15, 0.2) is 0 Å². The van der Waals surface area contributed by atoms with E-state index in [1.807, 2.05) is 0 Å². The Hall–Kier alpha value is -0.0451. The summed E-state index contributed by atoms with van der Waals surface area (Å²) in [6.45, 7) is -0.142. The Morgan fingerprint density at radius 2 is 2.40 bits per heavy atom. The molecule has 0 aromatic rings. The molecule has 3 heteroatoms. The molecule has 0 unspecified atom stereocenters. The van der Waals surface area contributed by atoms with Gasteiger partial charge in [0.05, 0.1) is 0 Å². The third-order valence-corrected chi connectivity index (χ3v) is 0.239. The molecule has 0 bridgehead atoms. The van der Waals surface area contributed by atoms with Crippen LogP contribution < -0.4 is 5.23 Å². The standard InChI is InChI=1S/C2H5BFN/c3-5-2-1-4/h5H,1-2H2. The van der Waals surface area contributed by atoms with Crippen LogP contribution in [-0.4, -0.2) is 21.2 Å². The minimum Gasteiger partial charge on any atom is -0.364 e. The lowest BCUT2D eigenvalue weighted by Gasteiger charge is -1.82. The molecule has 5 heavy (non-hydrogen) atoms. The maximum Gasteiger partial charge on any atom is 0.177 e. The Morgan fingerprint density at radius 3 is 2.40 bits per heavy atom. The van der Waals surface area contributed by atoms with Crippen LogP contribution in [0.3, 0.4) is 0 Å². The van der Waals surface area contributed by atoms with Crippen molar-refractivity contribution in [1.29, 1.82) is 0 Å². The van der Waals surface area contributed by atoms with Crippen LogP contribution in [0, 0.1) is 0 Å². The SMILES string of the molecule is [B]NCCF. The van der Waals surface area contributed by atoms with Gasteiger partial charge in [-0.3, -0.25) is 0 Å². The first-order chi connectivity index (χ1) is 2.41. The van der Waals surface area contributed by atoms with Crippen molar-refractivity contribution in [1.82, 2.24) is 5.23 Å². The summed E-state index contributed by atoms with van der Waals surface area (Å²) < 4.78 is 10.9. The Kier molecular flexibility index (Phi) is 3.92. The van der Waals surface area contributed by atoms with Crippen LogP contribution >= 0.6 is 0 Å². The van der Waals surface area contributed by atoms with Crippen molar-refractivity contribution in [3.05, 3.63) is 0 Å². The van der Waals surface area contributed by atoms with E-state index in [1.54, 1.807) is 0 Å². The highest BCUT2D eigenvalue weighted by molar-refractivity contribution is 6.04. The van der Waals surface area contributed by atoms with Gasteiger partial charge in [-0.1, -0.05) is 0 Å². The summed E-state index contributed by atoms with van der Waals surface area (Å²) in [5.74, 6) is 0. The number of nitrogens with one attached hydrogen (secondary N) is 1. The monoisotopic (exact) mass is 73.0 g/mol. The van der Waals surface area contributed by atoms with E-state index in [2.05, 4.69) is 13.2 Å². The summed E-state index contributed by atoms with van der Waals surface area (Å²) in [6, 6.07) is 0. The first-order valence-electron chi connectivity index (χ1n) is 1.41. The fourth-order valence-electron chi connectivity index (χ4n) is 0.0546. The molecule has 0 spiro atoms. The van der Waals surface area contributed by atoms with Gasteiger partial charge in [-0.25, -0.2) is 4.39 Å². The van der Waals surface area contributed by atoms with Gasteiger partial charge >= 0.3 is 0 Å². The molecule has 1 nitrogen and oxygen atoms in total. The Labute approximate surface area is 32.0 Å². The number of halogens is 1. The third-order valence-electron chi connectivity index (χ3n) is 0.239. The van der Waals surface area contributed by atoms with E-state index >= 15 is 0 Å². The largest absolute Gasteiger partial charge is 0.364 e. The molecule has 0 saturated carbocycles. The van der Waals surface area contributed by atoms with Crippen molar-refractivity contribution in [2.24, 2.45) is 0 Å². The molecule has 0 aliphatic heterocycles. The van der Waals surface area contributed by atoms with E-state index < -0.39 is 6.67 Å². The van der Waals surface area contributed by atoms with Gasteiger partial charge in [0.15, 0.2) is 7.98 Å². The van der Waals surface area contributed by atoms with Crippen molar-refractivity contribution in [2.45, 2.75) is 0 Å². The van der Waals surface area contributed by atoms with Gasteiger partial charge in [-0.15, -0.1) is 0 Å². The van der Waals surface area contributed by atoms with E-state index in [0.29, 0.717) is 0 Å². The fourth-order valence-corrected chi connectivity index (χ4v) is 0.0546. The van der Waals surface area contributed by atoms with Gasteiger partial charge in [0.2, 0.25) is 0 Å². The van der Waals surface area contributed by atoms with E-state index in [-0.39, 0.29) is 6.54 Å². The summed E-state index contributed by atoms with van der Waals surface area (Å²) in [4.78, 5) is 0. The van der Waals surface area contributed by atoms with E-state index in [9.17, 15) is 4.39 Å². The molecule has 0 heterocycles. The Morgan fingerprint density at radius 1 is 1.80 bits per heavy atom. The maximum absolute atomic E-state index is 10.9. The lowest BCUT2D eigenvalue weighted by atomic mass is 10.4. The molecule has 0 amide bonds. The van der Waals surface area contributed by atoms with Gasteiger partial charge in [-0.2, -0.15) is 0 Å². The zero-order chi connectivity index (χ0) is 4.12. The van der Waals surface area contributed by atoms with Crippen LogP contribution in [-0.2, 0) is 0 Å². The molecule has 2 radical (unpaired) electrons.